The second-order valence-corrected chi connectivity index (χ2v) is 3.67. The van der Waals surface area contributed by atoms with Gasteiger partial charge in [0.25, 0.3) is 0 Å². The molecule has 0 radical (unpaired) electrons. The number of esters is 1. The fourth-order valence-electron chi connectivity index (χ4n) is 2.09. The van der Waals surface area contributed by atoms with Crippen LogP contribution in [0.2, 0.25) is 0 Å². The van der Waals surface area contributed by atoms with Crippen LogP contribution in [-0.4, -0.2) is 16.9 Å². The van der Waals surface area contributed by atoms with Gasteiger partial charge in [-0.1, -0.05) is 0 Å². The van der Waals surface area contributed by atoms with E-state index in [9.17, 15) is 9.90 Å². The monoisotopic (exact) mass is 193 g/mol. The molecule has 2 aliphatic rings. The first-order valence-electron chi connectivity index (χ1n) is 4.72. The first-order valence-corrected chi connectivity index (χ1v) is 4.72. The summed E-state index contributed by atoms with van der Waals surface area (Å²) in [6, 6.07) is 1.84. The minimum Gasteiger partial charge on any atom is -0.425 e. The number of hydrogen-bond acceptors (Lipinski definition) is 4. The average molecular weight is 193 g/mol. The standard InChI is InChI=1S/C10H11NO3/c11-6-5-10(13)8-4-2-1-3-7(8)9(12)14-10/h13H,1-5H2. The Bertz CT molecular complexity index is 353. The van der Waals surface area contributed by atoms with Crippen molar-refractivity contribution in [3.63, 3.8) is 0 Å². The zero-order chi connectivity index (χ0) is 10.2. The van der Waals surface area contributed by atoms with Gasteiger partial charge >= 0.3 is 5.97 Å². The van der Waals surface area contributed by atoms with Crippen LogP contribution in [0, 0.1) is 11.3 Å². The van der Waals surface area contributed by atoms with E-state index >= 15 is 0 Å². The van der Waals surface area contributed by atoms with E-state index in [0.29, 0.717) is 24.0 Å². The Morgan fingerprint density at radius 2 is 2.21 bits per heavy atom. The molecule has 1 N–H and O–H groups in total. The predicted molar refractivity (Wildman–Crippen MR) is 46.8 cm³/mol. The Morgan fingerprint density at radius 1 is 1.50 bits per heavy atom. The molecule has 1 aliphatic heterocycles. The summed E-state index contributed by atoms with van der Waals surface area (Å²) in [6.45, 7) is 0. The van der Waals surface area contributed by atoms with Crippen molar-refractivity contribution in [2.24, 2.45) is 0 Å². The summed E-state index contributed by atoms with van der Waals surface area (Å²) >= 11 is 0. The van der Waals surface area contributed by atoms with Crippen molar-refractivity contribution in [2.75, 3.05) is 0 Å². The van der Waals surface area contributed by atoms with Crippen LogP contribution in [0.15, 0.2) is 11.1 Å². The maximum atomic E-state index is 11.3. The Morgan fingerprint density at radius 3 is 2.93 bits per heavy atom. The molecule has 4 nitrogen and oxygen atoms in total. The van der Waals surface area contributed by atoms with Gasteiger partial charge in [0.1, 0.15) is 6.42 Å². The molecule has 0 saturated heterocycles. The Kier molecular flexibility index (Phi) is 2.05. The van der Waals surface area contributed by atoms with Gasteiger partial charge in [-0.2, -0.15) is 5.26 Å². The summed E-state index contributed by atoms with van der Waals surface area (Å²) in [5.74, 6) is -2.07. The predicted octanol–water partition coefficient (Wildman–Crippen LogP) is 1.02. The lowest BCUT2D eigenvalue weighted by Gasteiger charge is -2.23. The number of nitriles is 1. The van der Waals surface area contributed by atoms with Gasteiger partial charge in [0.2, 0.25) is 5.79 Å². The highest BCUT2D eigenvalue weighted by molar-refractivity contribution is 5.93. The first-order chi connectivity index (χ1) is 6.67. The summed E-state index contributed by atoms with van der Waals surface area (Å²) in [5, 5.41) is 18.5. The molecule has 0 amide bonds. The number of carbonyl (C=O) groups is 1. The minimum atomic E-state index is -1.62. The van der Waals surface area contributed by atoms with Crippen molar-refractivity contribution >= 4 is 5.97 Å². The normalized spacial score (nSPS) is 31.0. The van der Waals surface area contributed by atoms with Crippen LogP contribution >= 0.6 is 0 Å². The number of rotatable bonds is 1. The van der Waals surface area contributed by atoms with Gasteiger partial charge in [-0.3, -0.25) is 0 Å². The molecule has 1 heterocycles. The molecule has 1 unspecified atom stereocenters. The third-order valence-electron chi connectivity index (χ3n) is 2.77. The van der Waals surface area contributed by atoms with Crippen molar-refractivity contribution in [1.29, 1.82) is 5.26 Å². The van der Waals surface area contributed by atoms with Crippen LogP contribution in [0.3, 0.4) is 0 Å². The fraction of sp³-hybridized carbons (Fsp3) is 0.600. The smallest absolute Gasteiger partial charge is 0.336 e. The lowest BCUT2D eigenvalue weighted by molar-refractivity contribution is -0.180. The third-order valence-corrected chi connectivity index (χ3v) is 2.77. The molecule has 4 heteroatoms. The largest absolute Gasteiger partial charge is 0.425 e. The zero-order valence-corrected chi connectivity index (χ0v) is 7.75. The molecule has 2 rings (SSSR count). The lowest BCUT2D eigenvalue weighted by Crippen LogP contribution is -2.31. The molecule has 0 saturated carbocycles. The molecule has 0 fully saturated rings. The summed E-state index contributed by atoms with van der Waals surface area (Å²) < 4.78 is 4.86. The van der Waals surface area contributed by atoms with Gasteiger partial charge in [0.05, 0.1) is 6.07 Å². The highest BCUT2D eigenvalue weighted by atomic mass is 16.7. The van der Waals surface area contributed by atoms with Gasteiger partial charge in [0, 0.05) is 11.1 Å². The van der Waals surface area contributed by atoms with E-state index in [1.165, 1.54) is 0 Å². The zero-order valence-electron chi connectivity index (χ0n) is 7.75. The molecule has 0 aromatic rings. The maximum absolute atomic E-state index is 11.3. The molecule has 14 heavy (non-hydrogen) atoms. The lowest BCUT2D eigenvalue weighted by atomic mass is 9.88. The average Bonchev–Trinajstić information content (AvgIpc) is 2.41. The number of aliphatic hydroxyl groups is 1. The van der Waals surface area contributed by atoms with E-state index in [4.69, 9.17) is 10.00 Å². The van der Waals surface area contributed by atoms with Crippen LogP contribution < -0.4 is 0 Å². The van der Waals surface area contributed by atoms with E-state index in [1.807, 2.05) is 6.07 Å². The van der Waals surface area contributed by atoms with E-state index in [2.05, 4.69) is 0 Å². The quantitative estimate of drug-likeness (QED) is 0.631. The van der Waals surface area contributed by atoms with Crippen LogP contribution in [-0.2, 0) is 9.53 Å². The van der Waals surface area contributed by atoms with Crippen LogP contribution in [0.4, 0.5) is 0 Å². The summed E-state index contributed by atoms with van der Waals surface area (Å²) in [6.07, 6.45) is 3.07. The van der Waals surface area contributed by atoms with Gasteiger partial charge in [0.15, 0.2) is 0 Å². The fourth-order valence-corrected chi connectivity index (χ4v) is 2.09. The molecule has 0 aromatic carbocycles. The molecule has 0 aromatic heterocycles. The number of nitrogens with zero attached hydrogens (tertiary/aromatic N) is 1. The minimum absolute atomic E-state index is 0.169. The van der Waals surface area contributed by atoms with Crippen LogP contribution in [0.25, 0.3) is 0 Å². The van der Waals surface area contributed by atoms with Crippen LogP contribution in [0.1, 0.15) is 32.1 Å². The maximum Gasteiger partial charge on any atom is 0.336 e. The van der Waals surface area contributed by atoms with Crippen molar-refractivity contribution in [1.82, 2.24) is 0 Å². The third kappa shape index (κ3) is 1.21. The number of ether oxygens (including phenoxy) is 1. The van der Waals surface area contributed by atoms with E-state index in [0.717, 1.165) is 12.8 Å². The van der Waals surface area contributed by atoms with Crippen LogP contribution in [0.5, 0.6) is 0 Å². The topological polar surface area (TPSA) is 70.3 Å². The molecular weight excluding hydrogens is 182 g/mol. The van der Waals surface area contributed by atoms with Gasteiger partial charge in [-0.05, 0) is 25.7 Å². The van der Waals surface area contributed by atoms with Crippen molar-refractivity contribution in [3.8, 4) is 6.07 Å². The van der Waals surface area contributed by atoms with E-state index in [1.54, 1.807) is 0 Å². The molecule has 74 valence electrons. The summed E-state index contributed by atoms with van der Waals surface area (Å²) in [5.41, 5.74) is 1.23. The Labute approximate surface area is 81.8 Å². The van der Waals surface area contributed by atoms with Crippen molar-refractivity contribution in [3.05, 3.63) is 11.1 Å². The summed E-state index contributed by atoms with van der Waals surface area (Å²) in [7, 11) is 0. The van der Waals surface area contributed by atoms with Crippen molar-refractivity contribution < 1.29 is 14.6 Å². The highest BCUT2D eigenvalue weighted by Crippen LogP contribution is 2.41. The second-order valence-electron chi connectivity index (χ2n) is 3.67. The number of carbonyl (C=O) groups excluding carboxylic acids is 1. The number of hydrogen-bond donors (Lipinski definition) is 1. The van der Waals surface area contributed by atoms with E-state index in [-0.39, 0.29) is 6.42 Å². The molecule has 1 aliphatic carbocycles. The first kappa shape index (κ1) is 9.22. The molecule has 1 atom stereocenters. The van der Waals surface area contributed by atoms with Crippen molar-refractivity contribution in [2.45, 2.75) is 37.9 Å². The summed E-state index contributed by atoms with van der Waals surface area (Å²) in [4.78, 5) is 11.3. The second kappa shape index (κ2) is 3.10. The Hall–Kier alpha value is -1.34. The van der Waals surface area contributed by atoms with E-state index < -0.39 is 11.8 Å². The molecule has 0 spiro atoms. The molecular formula is C10H11NO3. The van der Waals surface area contributed by atoms with Gasteiger partial charge < -0.3 is 9.84 Å². The van der Waals surface area contributed by atoms with Gasteiger partial charge in [-0.15, -0.1) is 0 Å². The highest BCUT2D eigenvalue weighted by Gasteiger charge is 2.46. The van der Waals surface area contributed by atoms with Gasteiger partial charge in [-0.25, -0.2) is 4.79 Å². The molecule has 0 bridgehead atoms. The number of cyclic esters (lactones) is 1. The Balaban J connectivity index is 2.36. The SMILES string of the molecule is N#CCC1(O)OC(=O)C2=C1CCCC2.